The number of rotatable bonds is 10. The summed E-state index contributed by atoms with van der Waals surface area (Å²) in [5.74, 6) is 0.823. The summed E-state index contributed by atoms with van der Waals surface area (Å²) in [7, 11) is 0. The van der Waals surface area contributed by atoms with Gasteiger partial charge in [0.1, 0.15) is 18.5 Å². The molecule has 1 fully saturated rings. The van der Waals surface area contributed by atoms with Gasteiger partial charge in [-0.3, -0.25) is 0 Å². The molecule has 2 aromatic rings. The standard InChI is InChI=1S/C24H34N2O2S/c1-29-24-11-7-9-21(15-24)17-25-16-20-8-6-10-23(14-20)28-19-22(27)18-26-12-4-2-3-5-13-26/h6-11,14-15,22,25,27H,2-5,12-13,16-19H2,1H3. The monoisotopic (exact) mass is 414 g/mol. The smallest absolute Gasteiger partial charge is 0.119 e. The minimum absolute atomic E-state index is 0.342. The van der Waals surface area contributed by atoms with E-state index in [4.69, 9.17) is 4.74 Å². The molecule has 0 amide bonds. The Kier molecular flexibility index (Phi) is 9.35. The first-order valence-electron chi connectivity index (χ1n) is 10.7. The molecule has 1 aliphatic heterocycles. The number of nitrogens with one attached hydrogen (secondary N) is 1. The second-order valence-electron chi connectivity index (χ2n) is 7.78. The molecule has 0 saturated carbocycles. The van der Waals surface area contributed by atoms with E-state index in [1.807, 2.05) is 12.1 Å². The minimum atomic E-state index is -0.446. The second-order valence-corrected chi connectivity index (χ2v) is 8.66. The molecular weight excluding hydrogens is 380 g/mol. The third kappa shape index (κ3) is 8.01. The Hall–Kier alpha value is -1.53. The summed E-state index contributed by atoms with van der Waals surface area (Å²) in [4.78, 5) is 3.66. The maximum Gasteiger partial charge on any atom is 0.119 e. The summed E-state index contributed by atoms with van der Waals surface area (Å²) in [5.41, 5.74) is 2.48. The summed E-state index contributed by atoms with van der Waals surface area (Å²) in [6.07, 6.45) is 6.76. The zero-order valence-corrected chi connectivity index (χ0v) is 18.3. The number of hydrogen-bond donors (Lipinski definition) is 2. The van der Waals surface area contributed by atoms with Crippen LogP contribution in [0, 0.1) is 0 Å². The van der Waals surface area contributed by atoms with Crippen LogP contribution in [0.25, 0.3) is 0 Å². The van der Waals surface area contributed by atoms with Gasteiger partial charge in [-0.1, -0.05) is 37.1 Å². The highest BCUT2D eigenvalue weighted by molar-refractivity contribution is 7.98. The molecule has 29 heavy (non-hydrogen) atoms. The van der Waals surface area contributed by atoms with Crippen LogP contribution >= 0.6 is 11.8 Å². The molecule has 1 aliphatic rings. The van der Waals surface area contributed by atoms with Crippen molar-refractivity contribution in [1.82, 2.24) is 10.2 Å². The molecule has 0 aliphatic carbocycles. The van der Waals surface area contributed by atoms with Crippen LogP contribution in [0.3, 0.4) is 0 Å². The molecule has 158 valence electrons. The van der Waals surface area contributed by atoms with Gasteiger partial charge < -0.3 is 20.1 Å². The van der Waals surface area contributed by atoms with Crippen molar-refractivity contribution >= 4 is 11.8 Å². The maximum absolute atomic E-state index is 10.4. The van der Waals surface area contributed by atoms with E-state index in [2.05, 4.69) is 52.9 Å². The van der Waals surface area contributed by atoms with Gasteiger partial charge in [-0.2, -0.15) is 0 Å². The molecule has 3 rings (SSSR count). The Labute approximate surface area is 179 Å². The van der Waals surface area contributed by atoms with E-state index in [1.54, 1.807) is 11.8 Å². The molecular formula is C24H34N2O2S. The molecule has 1 saturated heterocycles. The van der Waals surface area contributed by atoms with E-state index in [-0.39, 0.29) is 0 Å². The summed E-state index contributed by atoms with van der Waals surface area (Å²) in [6.45, 7) is 4.87. The van der Waals surface area contributed by atoms with Gasteiger partial charge >= 0.3 is 0 Å². The van der Waals surface area contributed by atoms with Crippen molar-refractivity contribution in [3.8, 4) is 5.75 Å². The first-order valence-corrected chi connectivity index (χ1v) is 11.9. The van der Waals surface area contributed by atoms with Crippen molar-refractivity contribution in [2.75, 3.05) is 32.5 Å². The number of nitrogens with zero attached hydrogens (tertiary/aromatic N) is 1. The highest BCUT2D eigenvalue weighted by Crippen LogP contribution is 2.17. The molecule has 1 atom stereocenters. The lowest BCUT2D eigenvalue weighted by Crippen LogP contribution is -2.36. The summed E-state index contributed by atoms with van der Waals surface area (Å²) in [5, 5.41) is 13.9. The number of aliphatic hydroxyl groups excluding tert-OH is 1. The van der Waals surface area contributed by atoms with Gasteiger partial charge in [-0.15, -0.1) is 11.8 Å². The van der Waals surface area contributed by atoms with Crippen LogP contribution in [0.4, 0.5) is 0 Å². The topological polar surface area (TPSA) is 44.7 Å². The molecule has 4 nitrogen and oxygen atoms in total. The summed E-state index contributed by atoms with van der Waals surface area (Å²) < 4.78 is 5.87. The van der Waals surface area contributed by atoms with Gasteiger partial charge in [0.25, 0.3) is 0 Å². The first kappa shape index (κ1) is 22.2. The van der Waals surface area contributed by atoms with E-state index in [9.17, 15) is 5.11 Å². The van der Waals surface area contributed by atoms with E-state index < -0.39 is 6.10 Å². The lowest BCUT2D eigenvalue weighted by atomic mass is 10.2. The van der Waals surface area contributed by atoms with Crippen molar-refractivity contribution < 1.29 is 9.84 Å². The molecule has 1 heterocycles. The number of likely N-dealkylation sites (tertiary alicyclic amines) is 1. The Morgan fingerprint density at radius 3 is 2.41 bits per heavy atom. The SMILES string of the molecule is CSc1cccc(CNCc2cccc(OCC(O)CN3CCCCCC3)c2)c1. The Balaban J connectivity index is 1.41. The van der Waals surface area contributed by atoms with E-state index >= 15 is 0 Å². The molecule has 1 unspecified atom stereocenters. The van der Waals surface area contributed by atoms with Crippen LogP contribution < -0.4 is 10.1 Å². The minimum Gasteiger partial charge on any atom is -0.491 e. The second kappa shape index (κ2) is 12.2. The zero-order valence-electron chi connectivity index (χ0n) is 17.5. The fraction of sp³-hybridized carbons (Fsp3) is 0.500. The van der Waals surface area contributed by atoms with Crippen LogP contribution in [0.15, 0.2) is 53.4 Å². The molecule has 2 N–H and O–H groups in total. The average Bonchev–Trinajstić information content (AvgIpc) is 3.01. The third-order valence-electron chi connectivity index (χ3n) is 5.30. The molecule has 0 radical (unpaired) electrons. The number of thioether (sulfide) groups is 1. The van der Waals surface area contributed by atoms with Gasteiger partial charge in [-0.05, 0) is 67.6 Å². The van der Waals surface area contributed by atoms with Crippen LogP contribution in [0.5, 0.6) is 5.75 Å². The fourth-order valence-corrected chi connectivity index (χ4v) is 4.22. The van der Waals surface area contributed by atoms with Gasteiger partial charge in [0.2, 0.25) is 0 Å². The van der Waals surface area contributed by atoms with Gasteiger partial charge in [0, 0.05) is 24.5 Å². The van der Waals surface area contributed by atoms with Crippen molar-refractivity contribution in [2.45, 2.75) is 49.8 Å². The fourth-order valence-electron chi connectivity index (χ4n) is 3.74. The Morgan fingerprint density at radius 2 is 1.69 bits per heavy atom. The molecule has 5 heteroatoms. The summed E-state index contributed by atoms with van der Waals surface area (Å²) >= 11 is 1.77. The van der Waals surface area contributed by atoms with Gasteiger partial charge in [0.15, 0.2) is 0 Å². The number of ether oxygens (including phenoxy) is 1. The van der Waals surface area contributed by atoms with Crippen LogP contribution in [-0.2, 0) is 13.1 Å². The first-order chi connectivity index (χ1) is 14.2. The highest BCUT2D eigenvalue weighted by atomic mass is 32.2. The third-order valence-corrected chi connectivity index (χ3v) is 6.03. The van der Waals surface area contributed by atoms with E-state index in [0.717, 1.165) is 31.9 Å². The van der Waals surface area contributed by atoms with E-state index in [0.29, 0.717) is 13.2 Å². The highest BCUT2D eigenvalue weighted by Gasteiger charge is 2.14. The number of aliphatic hydroxyl groups is 1. The van der Waals surface area contributed by atoms with E-state index in [1.165, 1.54) is 41.7 Å². The number of hydrogen-bond acceptors (Lipinski definition) is 5. The van der Waals surface area contributed by atoms with Crippen LogP contribution in [0.1, 0.15) is 36.8 Å². The van der Waals surface area contributed by atoms with Crippen molar-refractivity contribution in [3.63, 3.8) is 0 Å². The quantitative estimate of drug-likeness (QED) is 0.567. The predicted molar refractivity (Wildman–Crippen MR) is 122 cm³/mol. The van der Waals surface area contributed by atoms with Crippen molar-refractivity contribution in [2.24, 2.45) is 0 Å². The van der Waals surface area contributed by atoms with Crippen LogP contribution in [0.2, 0.25) is 0 Å². The predicted octanol–water partition coefficient (Wildman–Crippen LogP) is 4.31. The average molecular weight is 415 g/mol. The Morgan fingerprint density at radius 1 is 1.00 bits per heavy atom. The number of β-amino-alcohol motifs (C(OH)–C–C–N with tert-alkyl or cyclic N) is 1. The number of benzene rings is 2. The van der Waals surface area contributed by atoms with Crippen molar-refractivity contribution in [1.29, 1.82) is 0 Å². The maximum atomic E-state index is 10.4. The molecule has 0 bridgehead atoms. The largest absolute Gasteiger partial charge is 0.491 e. The normalized spacial score (nSPS) is 16.3. The molecule has 2 aromatic carbocycles. The van der Waals surface area contributed by atoms with Gasteiger partial charge in [0.05, 0.1) is 0 Å². The Bertz CT molecular complexity index is 732. The zero-order chi connectivity index (χ0) is 20.3. The molecule has 0 aromatic heterocycles. The van der Waals surface area contributed by atoms with Gasteiger partial charge in [-0.25, -0.2) is 0 Å². The van der Waals surface area contributed by atoms with Crippen LogP contribution in [-0.4, -0.2) is 48.6 Å². The van der Waals surface area contributed by atoms with Crippen molar-refractivity contribution in [3.05, 3.63) is 59.7 Å². The molecule has 0 spiro atoms. The lowest BCUT2D eigenvalue weighted by molar-refractivity contribution is 0.0693. The summed E-state index contributed by atoms with van der Waals surface area (Å²) in [6, 6.07) is 16.8. The lowest BCUT2D eigenvalue weighted by Gasteiger charge is -2.23.